The van der Waals surface area contributed by atoms with Crippen LogP contribution in [0.4, 0.5) is 5.69 Å². The van der Waals surface area contributed by atoms with Crippen LogP contribution in [0.15, 0.2) is 18.2 Å². The lowest BCUT2D eigenvalue weighted by atomic mass is 10.1. The summed E-state index contributed by atoms with van der Waals surface area (Å²) in [5, 5.41) is 0. The van der Waals surface area contributed by atoms with Gasteiger partial charge < -0.3 is 10.6 Å². The quantitative estimate of drug-likeness (QED) is 0.813. The van der Waals surface area contributed by atoms with E-state index in [9.17, 15) is 0 Å². The second-order valence-electron chi connectivity index (χ2n) is 4.67. The van der Waals surface area contributed by atoms with E-state index in [0.717, 1.165) is 24.2 Å². The van der Waals surface area contributed by atoms with Crippen LogP contribution in [0, 0.1) is 6.92 Å². The van der Waals surface area contributed by atoms with Crippen molar-refractivity contribution in [2.45, 2.75) is 40.2 Å². The van der Waals surface area contributed by atoms with Gasteiger partial charge >= 0.3 is 0 Å². The highest BCUT2D eigenvalue weighted by Gasteiger charge is 2.15. The molecule has 0 aromatic heterocycles. The molecular weight excluding hydrogens is 228 g/mol. The van der Waals surface area contributed by atoms with Crippen LogP contribution in [0.3, 0.4) is 0 Å². The summed E-state index contributed by atoms with van der Waals surface area (Å²) >= 11 is 5.13. The van der Waals surface area contributed by atoms with Crippen LogP contribution in [0.2, 0.25) is 0 Å². The summed E-state index contributed by atoms with van der Waals surface area (Å²) in [6.45, 7) is 9.70. The Labute approximate surface area is 110 Å². The van der Waals surface area contributed by atoms with E-state index in [1.54, 1.807) is 0 Å². The largest absolute Gasteiger partial charge is 0.389 e. The number of nitrogens with two attached hydrogens (primary N) is 1. The Kier molecular flexibility index (Phi) is 4.94. The molecule has 0 saturated carbocycles. The molecule has 0 fully saturated rings. The molecular formula is C14H22N2S. The summed E-state index contributed by atoms with van der Waals surface area (Å²) in [5.41, 5.74) is 9.18. The molecule has 0 unspecified atom stereocenters. The topological polar surface area (TPSA) is 29.3 Å². The van der Waals surface area contributed by atoms with Gasteiger partial charge in [0.2, 0.25) is 0 Å². The van der Waals surface area contributed by atoms with Gasteiger partial charge in [0.15, 0.2) is 0 Å². The van der Waals surface area contributed by atoms with Gasteiger partial charge in [-0.2, -0.15) is 0 Å². The van der Waals surface area contributed by atoms with E-state index in [1.165, 1.54) is 5.56 Å². The maximum absolute atomic E-state index is 5.80. The lowest BCUT2D eigenvalue weighted by Crippen LogP contribution is -2.33. The summed E-state index contributed by atoms with van der Waals surface area (Å²) in [5.74, 6) is 0. The predicted octanol–water partition coefficient (Wildman–Crippen LogP) is 3.25. The minimum Gasteiger partial charge on any atom is -0.389 e. The third-order valence-electron chi connectivity index (χ3n) is 2.82. The van der Waals surface area contributed by atoms with Crippen molar-refractivity contribution >= 4 is 22.9 Å². The number of hydrogen-bond donors (Lipinski definition) is 1. The molecule has 2 N–H and O–H groups in total. The fourth-order valence-electron chi connectivity index (χ4n) is 1.99. The van der Waals surface area contributed by atoms with Crippen LogP contribution >= 0.6 is 12.2 Å². The van der Waals surface area contributed by atoms with Crippen molar-refractivity contribution < 1.29 is 0 Å². The molecule has 0 atom stereocenters. The first-order valence-electron chi connectivity index (χ1n) is 6.14. The Morgan fingerprint density at radius 1 is 1.41 bits per heavy atom. The van der Waals surface area contributed by atoms with Crippen molar-refractivity contribution in [2.24, 2.45) is 5.73 Å². The number of hydrogen-bond acceptors (Lipinski definition) is 2. The van der Waals surface area contributed by atoms with Gasteiger partial charge in [-0.25, -0.2) is 0 Å². The van der Waals surface area contributed by atoms with Gasteiger partial charge in [0.25, 0.3) is 0 Å². The van der Waals surface area contributed by atoms with Gasteiger partial charge in [-0.15, -0.1) is 0 Å². The minimum atomic E-state index is 0.449. The van der Waals surface area contributed by atoms with Gasteiger partial charge in [-0.05, 0) is 44.9 Å². The van der Waals surface area contributed by atoms with Gasteiger partial charge in [-0.1, -0.05) is 25.2 Å². The van der Waals surface area contributed by atoms with E-state index in [2.05, 4.69) is 44.7 Å². The van der Waals surface area contributed by atoms with Crippen LogP contribution in [-0.4, -0.2) is 17.6 Å². The summed E-state index contributed by atoms with van der Waals surface area (Å²) in [6.07, 6.45) is 1.11. The van der Waals surface area contributed by atoms with Crippen molar-refractivity contribution in [3.05, 3.63) is 29.3 Å². The zero-order valence-corrected chi connectivity index (χ0v) is 12.0. The number of anilines is 1. The van der Waals surface area contributed by atoms with E-state index >= 15 is 0 Å². The van der Waals surface area contributed by atoms with Crippen LogP contribution < -0.4 is 10.6 Å². The van der Waals surface area contributed by atoms with E-state index < -0.39 is 0 Å². The lowest BCUT2D eigenvalue weighted by molar-refractivity contribution is 0.670. The summed E-state index contributed by atoms with van der Waals surface area (Å²) < 4.78 is 0. The van der Waals surface area contributed by atoms with Gasteiger partial charge in [0, 0.05) is 23.8 Å². The monoisotopic (exact) mass is 250 g/mol. The Morgan fingerprint density at radius 2 is 2.06 bits per heavy atom. The fraction of sp³-hybridized carbons (Fsp3) is 0.500. The first-order valence-corrected chi connectivity index (χ1v) is 6.55. The zero-order chi connectivity index (χ0) is 13.0. The molecule has 0 spiro atoms. The average molecular weight is 250 g/mol. The SMILES string of the molecule is CCCN(c1cc(C)ccc1C(N)=S)C(C)C. The van der Waals surface area contributed by atoms with Crippen molar-refractivity contribution in [3.8, 4) is 0 Å². The average Bonchev–Trinajstić information content (AvgIpc) is 2.24. The standard InChI is InChI=1S/C14H22N2S/c1-5-8-16(10(2)3)13-9-11(4)6-7-12(13)14(15)17/h6-7,9-10H,5,8H2,1-4H3,(H2,15,17). The van der Waals surface area contributed by atoms with Crippen molar-refractivity contribution in [2.75, 3.05) is 11.4 Å². The number of benzene rings is 1. The third-order valence-corrected chi connectivity index (χ3v) is 3.04. The van der Waals surface area contributed by atoms with E-state index in [4.69, 9.17) is 18.0 Å². The van der Waals surface area contributed by atoms with Crippen molar-refractivity contribution in [1.82, 2.24) is 0 Å². The van der Waals surface area contributed by atoms with Gasteiger partial charge in [-0.3, -0.25) is 0 Å². The molecule has 0 bridgehead atoms. The molecule has 0 amide bonds. The number of aryl methyl sites for hydroxylation is 1. The van der Waals surface area contributed by atoms with Crippen LogP contribution in [0.25, 0.3) is 0 Å². The molecule has 0 saturated heterocycles. The molecule has 3 heteroatoms. The summed E-state index contributed by atoms with van der Waals surface area (Å²) in [7, 11) is 0. The number of nitrogens with zero attached hydrogens (tertiary/aromatic N) is 1. The molecule has 1 aromatic carbocycles. The summed E-state index contributed by atoms with van der Waals surface area (Å²) in [4.78, 5) is 2.84. The molecule has 0 aliphatic heterocycles. The second kappa shape index (κ2) is 6.01. The first kappa shape index (κ1) is 14.0. The zero-order valence-electron chi connectivity index (χ0n) is 11.2. The van der Waals surface area contributed by atoms with Gasteiger partial charge in [0.05, 0.1) is 0 Å². The minimum absolute atomic E-state index is 0.449. The normalized spacial score (nSPS) is 10.6. The fourth-order valence-corrected chi connectivity index (χ4v) is 2.16. The molecule has 17 heavy (non-hydrogen) atoms. The third kappa shape index (κ3) is 3.43. The van der Waals surface area contributed by atoms with Crippen molar-refractivity contribution in [1.29, 1.82) is 0 Å². The highest BCUT2D eigenvalue weighted by molar-refractivity contribution is 7.80. The second-order valence-corrected chi connectivity index (χ2v) is 5.11. The Bertz CT molecular complexity index is 399. The maximum Gasteiger partial charge on any atom is 0.106 e. The van der Waals surface area contributed by atoms with E-state index in [1.807, 2.05) is 6.07 Å². The van der Waals surface area contributed by atoms with Crippen LogP contribution in [-0.2, 0) is 0 Å². The smallest absolute Gasteiger partial charge is 0.106 e. The number of rotatable bonds is 5. The molecule has 0 aliphatic rings. The maximum atomic E-state index is 5.80. The lowest BCUT2D eigenvalue weighted by Gasteiger charge is -2.30. The molecule has 0 radical (unpaired) electrons. The molecule has 0 heterocycles. The first-order chi connectivity index (χ1) is 7.97. The molecule has 1 aromatic rings. The van der Waals surface area contributed by atoms with Crippen LogP contribution in [0.5, 0.6) is 0 Å². The van der Waals surface area contributed by atoms with Crippen molar-refractivity contribution in [3.63, 3.8) is 0 Å². The van der Waals surface area contributed by atoms with Gasteiger partial charge in [0.1, 0.15) is 4.99 Å². The number of thiocarbonyl (C=S) groups is 1. The van der Waals surface area contributed by atoms with E-state index in [0.29, 0.717) is 11.0 Å². The Balaban J connectivity index is 3.24. The molecule has 94 valence electrons. The van der Waals surface area contributed by atoms with E-state index in [-0.39, 0.29) is 0 Å². The Morgan fingerprint density at radius 3 is 2.53 bits per heavy atom. The van der Waals surface area contributed by atoms with Crippen LogP contribution in [0.1, 0.15) is 38.3 Å². The molecule has 1 rings (SSSR count). The Hall–Kier alpha value is -1.09. The molecule has 2 nitrogen and oxygen atoms in total. The predicted molar refractivity (Wildman–Crippen MR) is 79.8 cm³/mol. The highest BCUT2D eigenvalue weighted by Crippen LogP contribution is 2.24. The highest BCUT2D eigenvalue weighted by atomic mass is 32.1. The summed E-state index contributed by atoms with van der Waals surface area (Å²) in [6, 6.07) is 6.70. The molecule has 0 aliphatic carbocycles.